The lowest BCUT2D eigenvalue weighted by Gasteiger charge is -2.32. The van der Waals surface area contributed by atoms with Crippen LogP contribution in [0.3, 0.4) is 0 Å². The molecule has 0 fully saturated rings. The largest absolute Gasteiger partial charge is 0.478 e. The first-order valence-corrected chi connectivity index (χ1v) is 11.5. The third kappa shape index (κ3) is 4.70. The van der Waals surface area contributed by atoms with Crippen molar-refractivity contribution >= 4 is 5.91 Å². The number of aliphatic hydroxyl groups excluding tert-OH is 1. The molecule has 38 heavy (non-hydrogen) atoms. The Hall–Kier alpha value is -4.32. The molecule has 2 unspecified atom stereocenters. The van der Waals surface area contributed by atoms with E-state index in [1.807, 2.05) is 0 Å². The number of hydrogen-bond acceptors (Lipinski definition) is 7. The Kier molecular flexibility index (Phi) is 6.81. The van der Waals surface area contributed by atoms with Gasteiger partial charge in [0.15, 0.2) is 11.6 Å². The van der Waals surface area contributed by atoms with Gasteiger partial charge in [0.2, 0.25) is 11.8 Å². The van der Waals surface area contributed by atoms with E-state index in [9.17, 15) is 27.5 Å². The molecule has 1 aliphatic heterocycles. The first kappa shape index (κ1) is 25.3. The maximum Gasteiger partial charge on any atom is 0.314 e. The van der Waals surface area contributed by atoms with E-state index in [1.165, 1.54) is 23.2 Å². The molecule has 4 aromatic rings. The highest BCUT2D eigenvalue weighted by Crippen LogP contribution is 2.40. The summed E-state index contributed by atoms with van der Waals surface area (Å²) < 4.78 is 63.7. The van der Waals surface area contributed by atoms with Gasteiger partial charge in [-0.2, -0.15) is 8.78 Å². The summed E-state index contributed by atoms with van der Waals surface area (Å²) in [6.45, 7) is 2.25. The monoisotopic (exact) mass is 528 g/mol. The van der Waals surface area contributed by atoms with Gasteiger partial charge in [-0.25, -0.2) is 13.8 Å². The van der Waals surface area contributed by atoms with Crippen molar-refractivity contribution in [1.82, 2.24) is 20.1 Å². The predicted molar refractivity (Wildman–Crippen MR) is 124 cm³/mol. The standard InChI is InChI=1S/C26H20F4N4O4/c1-2-37-20-8-6-15(11-31-20)21(22(35)13-5-7-18(27)19(28)10-13)34-12-16-4-3-14(9-17(16)26(34)36)24-32-33-25(38-24)23(29)30/h3-11,21-23,35H,2,12H2,1H3. The van der Waals surface area contributed by atoms with Crippen molar-refractivity contribution in [3.63, 3.8) is 0 Å². The molecule has 8 nitrogen and oxygen atoms in total. The Balaban J connectivity index is 1.51. The molecule has 3 heterocycles. The molecular weight excluding hydrogens is 508 g/mol. The number of benzene rings is 2. The van der Waals surface area contributed by atoms with E-state index in [-0.39, 0.29) is 29.1 Å². The fourth-order valence-corrected chi connectivity index (χ4v) is 4.33. The minimum absolute atomic E-state index is 0.0534. The van der Waals surface area contributed by atoms with Crippen LogP contribution >= 0.6 is 0 Å². The van der Waals surface area contributed by atoms with Crippen molar-refractivity contribution in [3.8, 4) is 17.3 Å². The smallest absolute Gasteiger partial charge is 0.314 e. The quantitative estimate of drug-likeness (QED) is 0.315. The SMILES string of the molecule is CCOc1ccc(C(C(O)c2ccc(F)c(F)c2)N2Cc3ccc(-c4nnc(C(F)F)o4)cc3C2=O)cn1. The number of aliphatic hydroxyl groups is 1. The summed E-state index contributed by atoms with van der Waals surface area (Å²) in [5.41, 5.74) is 1.57. The Morgan fingerprint density at radius 3 is 2.50 bits per heavy atom. The molecule has 196 valence electrons. The van der Waals surface area contributed by atoms with Gasteiger partial charge in [0.1, 0.15) is 6.10 Å². The summed E-state index contributed by atoms with van der Waals surface area (Å²) in [5, 5.41) is 18.2. The summed E-state index contributed by atoms with van der Waals surface area (Å²) in [4.78, 5) is 19.2. The minimum atomic E-state index is -2.94. The molecule has 1 amide bonds. The van der Waals surface area contributed by atoms with Gasteiger partial charge in [0, 0.05) is 29.9 Å². The second-order valence-electron chi connectivity index (χ2n) is 8.48. The van der Waals surface area contributed by atoms with E-state index in [2.05, 4.69) is 15.2 Å². The fraction of sp³-hybridized carbons (Fsp3) is 0.231. The van der Waals surface area contributed by atoms with E-state index in [4.69, 9.17) is 9.15 Å². The van der Waals surface area contributed by atoms with Crippen LogP contribution in [0.4, 0.5) is 17.6 Å². The number of carbonyl (C=O) groups is 1. The first-order valence-electron chi connectivity index (χ1n) is 11.5. The van der Waals surface area contributed by atoms with E-state index in [0.29, 0.717) is 23.6 Å². The molecule has 0 radical (unpaired) electrons. The number of carbonyl (C=O) groups excluding carboxylic acids is 1. The number of pyridine rings is 1. The van der Waals surface area contributed by atoms with Crippen LogP contribution in [-0.2, 0) is 6.54 Å². The molecule has 0 aliphatic carbocycles. The third-order valence-corrected chi connectivity index (χ3v) is 6.13. The highest BCUT2D eigenvalue weighted by molar-refractivity contribution is 5.99. The van der Waals surface area contributed by atoms with Crippen LogP contribution in [0.25, 0.3) is 11.5 Å². The molecule has 0 saturated carbocycles. The normalized spacial score (nSPS) is 14.6. The van der Waals surface area contributed by atoms with E-state index < -0.39 is 42.0 Å². The molecule has 2 aromatic carbocycles. The van der Waals surface area contributed by atoms with Crippen LogP contribution in [0.15, 0.2) is 59.1 Å². The molecule has 5 rings (SSSR count). The lowest BCUT2D eigenvalue weighted by atomic mass is 9.95. The lowest BCUT2D eigenvalue weighted by molar-refractivity contribution is 0.0358. The number of ether oxygens (including phenoxy) is 1. The predicted octanol–water partition coefficient (Wildman–Crippen LogP) is 5.18. The second-order valence-corrected chi connectivity index (χ2v) is 8.48. The van der Waals surface area contributed by atoms with Gasteiger partial charge in [0.05, 0.1) is 12.6 Å². The van der Waals surface area contributed by atoms with Crippen molar-refractivity contribution in [3.05, 3.63) is 94.5 Å². The lowest BCUT2D eigenvalue weighted by Crippen LogP contribution is -2.33. The van der Waals surface area contributed by atoms with Gasteiger partial charge in [-0.1, -0.05) is 12.1 Å². The molecule has 0 spiro atoms. The summed E-state index contributed by atoms with van der Waals surface area (Å²) >= 11 is 0. The average molecular weight is 528 g/mol. The maximum atomic E-state index is 14.0. The Morgan fingerprint density at radius 2 is 1.84 bits per heavy atom. The molecule has 1 aliphatic rings. The summed E-state index contributed by atoms with van der Waals surface area (Å²) in [5.74, 6) is -3.40. The number of nitrogens with zero attached hydrogens (tertiary/aromatic N) is 4. The van der Waals surface area contributed by atoms with Gasteiger partial charge in [-0.05, 0) is 53.9 Å². The van der Waals surface area contributed by atoms with Gasteiger partial charge >= 0.3 is 6.43 Å². The summed E-state index contributed by atoms with van der Waals surface area (Å²) in [6.07, 6.45) is -2.96. The zero-order valence-electron chi connectivity index (χ0n) is 19.8. The Morgan fingerprint density at radius 1 is 1.05 bits per heavy atom. The van der Waals surface area contributed by atoms with Crippen molar-refractivity contribution in [2.24, 2.45) is 0 Å². The number of rotatable bonds is 8. The number of aromatic nitrogens is 3. The molecule has 0 bridgehead atoms. The number of fused-ring (bicyclic) bond motifs is 1. The number of hydrogen-bond donors (Lipinski definition) is 1. The van der Waals surface area contributed by atoms with Crippen LogP contribution in [0, 0.1) is 11.6 Å². The molecule has 0 saturated heterocycles. The van der Waals surface area contributed by atoms with Crippen molar-refractivity contribution in [2.45, 2.75) is 32.0 Å². The Labute approximate surface area is 213 Å². The molecular formula is C26H20F4N4O4. The van der Waals surface area contributed by atoms with Crippen LogP contribution < -0.4 is 4.74 Å². The highest BCUT2D eigenvalue weighted by atomic mass is 19.3. The van der Waals surface area contributed by atoms with Crippen molar-refractivity contribution in [2.75, 3.05) is 6.61 Å². The van der Waals surface area contributed by atoms with Crippen LogP contribution in [0.2, 0.25) is 0 Å². The van der Waals surface area contributed by atoms with Gasteiger partial charge in [0.25, 0.3) is 11.8 Å². The zero-order chi connectivity index (χ0) is 27.0. The van der Waals surface area contributed by atoms with Gasteiger partial charge in [-0.15, -0.1) is 10.2 Å². The third-order valence-electron chi connectivity index (χ3n) is 6.13. The van der Waals surface area contributed by atoms with Crippen LogP contribution in [0.5, 0.6) is 5.88 Å². The summed E-state index contributed by atoms with van der Waals surface area (Å²) in [6, 6.07) is 9.77. The fourth-order valence-electron chi connectivity index (χ4n) is 4.33. The molecule has 12 heteroatoms. The van der Waals surface area contributed by atoms with Crippen LogP contribution in [-0.4, -0.2) is 37.7 Å². The highest BCUT2D eigenvalue weighted by Gasteiger charge is 2.38. The van der Waals surface area contributed by atoms with Crippen molar-refractivity contribution < 1.29 is 36.6 Å². The number of amides is 1. The minimum Gasteiger partial charge on any atom is -0.478 e. The first-order chi connectivity index (χ1) is 18.3. The van der Waals surface area contributed by atoms with Crippen LogP contribution in [0.1, 0.15) is 58.4 Å². The van der Waals surface area contributed by atoms with Crippen molar-refractivity contribution in [1.29, 1.82) is 0 Å². The summed E-state index contributed by atoms with van der Waals surface area (Å²) in [7, 11) is 0. The zero-order valence-corrected chi connectivity index (χ0v) is 19.8. The average Bonchev–Trinajstić information content (AvgIpc) is 3.53. The molecule has 2 aromatic heterocycles. The second kappa shape index (κ2) is 10.2. The number of alkyl halides is 2. The molecule has 1 N–H and O–H groups in total. The van der Waals surface area contributed by atoms with Gasteiger partial charge in [-0.3, -0.25) is 4.79 Å². The van der Waals surface area contributed by atoms with Gasteiger partial charge < -0.3 is 19.2 Å². The van der Waals surface area contributed by atoms with E-state index in [0.717, 1.165) is 12.1 Å². The maximum absolute atomic E-state index is 14.0. The number of halogens is 4. The van der Waals surface area contributed by atoms with E-state index >= 15 is 0 Å². The van der Waals surface area contributed by atoms with E-state index in [1.54, 1.807) is 31.2 Å². The Bertz CT molecular complexity index is 1480. The molecule has 2 atom stereocenters. The topological polar surface area (TPSA) is 102 Å².